The average Bonchev–Trinajstić information content (AvgIpc) is 3.07. The van der Waals surface area contributed by atoms with E-state index >= 15 is 0 Å². The summed E-state index contributed by atoms with van der Waals surface area (Å²) in [6.45, 7) is 2.62. The molecule has 2 heterocycles. The van der Waals surface area contributed by atoms with Crippen molar-refractivity contribution < 1.29 is 4.79 Å². The zero-order valence-electron chi connectivity index (χ0n) is 14.5. The van der Waals surface area contributed by atoms with Gasteiger partial charge in [0.2, 0.25) is 0 Å². The van der Waals surface area contributed by atoms with Crippen LogP contribution >= 0.6 is 0 Å². The fraction of sp³-hybridized carbons (Fsp3) is 0.0909. The summed E-state index contributed by atoms with van der Waals surface area (Å²) in [5.74, 6) is -0.0898. The van der Waals surface area contributed by atoms with Crippen LogP contribution in [0.1, 0.15) is 21.5 Å². The van der Waals surface area contributed by atoms with E-state index in [-0.39, 0.29) is 5.91 Å². The highest BCUT2D eigenvalue weighted by atomic mass is 16.1. The maximum atomic E-state index is 12.8. The van der Waals surface area contributed by atoms with Crippen LogP contribution in [0, 0.1) is 6.92 Å². The summed E-state index contributed by atoms with van der Waals surface area (Å²) in [5.41, 5.74) is 4.65. The molecule has 1 amide bonds. The van der Waals surface area contributed by atoms with Crippen LogP contribution in [-0.2, 0) is 6.54 Å². The lowest BCUT2D eigenvalue weighted by Crippen LogP contribution is -2.16. The Hall–Kier alpha value is -3.40. The molecule has 0 saturated carbocycles. The van der Waals surface area contributed by atoms with Gasteiger partial charge in [-0.25, -0.2) is 0 Å². The van der Waals surface area contributed by atoms with Crippen molar-refractivity contribution in [1.82, 2.24) is 9.55 Å². The normalized spacial score (nSPS) is 10.8. The van der Waals surface area contributed by atoms with E-state index in [1.54, 1.807) is 6.20 Å². The highest BCUT2D eigenvalue weighted by Crippen LogP contribution is 2.20. The molecule has 0 atom stereocenters. The Morgan fingerprint density at radius 3 is 2.73 bits per heavy atom. The quantitative estimate of drug-likeness (QED) is 0.587. The number of carbonyl (C=O) groups is 1. The second-order valence-electron chi connectivity index (χ2n) is 6.30. The number of hydrogen-bond donors (Lipinski definition) is 1. The standard InChI is InChI=1S/C22H19N3O/c1-16-6-2-5-9-20(16)24-22(26)19-8-4-3-7-18(19)15-25-13-11-17-14-23-12-10-21(17)25/h2-14H,15H2,1H3,(H,24,26). The van der Waals surface area contributed by atoms with E-state index in [1.165, 1.54) is 0 Å². The summed E-state index contributed by atoms with van der Waals surface area (Å²) in [5, 5.41) is 4.12. The molecule has 0 aliphatic carbocycles. The highest BCUT2D eigenvalue weighted by Gasteiger charge is 2.13. The average molecular weight is 341 g/mol. The maximum Gasteiger partial charge on any atom is 0.256 e. The molecule has 0 radical (unpaired) electrons. The summed E-state index contributed by atoms with van der Waals surface area (Å²) in [7, 11) is 0. The first-order valence-electron chi connectivity index (χ1n) is 8.56. The van der Waals surface area contributed by atoms with Crippen molar-refractivity contribution in [3.8, 4) is 0 Å². The van der Waals surface area contributed by atoms with Gasteiger partial charge in [0, 0.05) is 41.8 Å². The van der Waals surface area contributed by atoms with E-state index in [0.717, 1.165) is 27.7 Å². The maximum absolute atomic E-state index is 12.8. The van der Waals surface area contributed by atoms with E-state index in [2.05, 4.69) is 14.9 Å². The molecule has 2 aromatic heterocycles. The van der Waals surface area contributed by atoms with E-state index in [0.29, 0.717) is 12.1 Å². The lowest BCUT2D eigenvalue weighted by Gasteiger charge is -2.13. The molecule has 26 heavy (non-hydrogen) atoms. The summed E-state index contributed by atoms with van der Waals surface area (Å²) in [6.07, 6.45) is 5.67. The van der Waals surface area contributed by atoms with Crippen molar-refractivity contribution in [2.24, 2.45) is 0 Å². The number of benzene rings is 2. The Kier molecular flexibility index (Phi) is 4.23. The van der Waals surface area contributed by atoms with Gasteiger partial charge >= 0.3 is 0 Å². The Morgan fingerprint density at radius 2 is 1.85 bits per heavy atom. The van der Waals surface area contributed by atoms with Crippen molar-refractivity contribution in [1.29, 1.82) is 0 Å². The van der Waals surface area contributed by atoms with E-state index in [4.69, 9.17) is 0 Å². The lowest BCUT2D eigenvalue weighted by atomic mass is 10.1. The second-order valence-corrected chi connectivity index (χ2v) is 6.30. The van der Waals surface area contributed by atoms with Gasteiger partial charge in [-0.2, -0.15) is 0 Å². The SMILES string of the molecule is Cc1ccccc1NC(=O)c1ccccc1Cn1ccc2cnccc21. The number of aryl methyl sites for hydroxylation is 1. The molecule has 1 N–H and O–H groups in total. The number of nitrogens with one attached hydrogen (secondary N) is 1. The summed E-state index contributed by atoms with van der Waals surface area (Å²) >= 11 is 0. The van der Waals surface area contributed by atoms with E-state index < -0.39 is 0 Å². The third kappa shape index (κ3) is 3.09. The fourth-order valence-corrected chi connectivity index (χ4v) is 3.14. The van der Waals surface area contributed by atoms with Crippen LogP contribution in [-0.4, -0.2) is 15.5 Å². The summed E-state index contributed by atoms with van der Waals surface area (Å²) in [4.78, 5) is 17.0. The Labute approximate surface area is 152 Å². The molecule has 4 nitrogen and oxygen atoms in total. The van der Waals surface area contributed by atoms with Gasteiger partial charge in [0.1, 0.15) is 0 Å². The van der Waals surface area contributed by atoms with Crippen molar-refractivity contribution in [2.45, 2.75) is 13.5 Å². The predicted molar refractivity (Wildman–Crippen MR) is 104 cm³/mol. The largest absolute Gasteiger partial charge is 0.343 e. The molecule has 0 fully saturated rings. The van der Waals surface area contributed by atoms with Crippen molar-refractivity contribution in [2.75, 3.05) is 5.32 Å². The van der Waals surface area contributed by atoms with Crippen LogP contribution in [0.15, 0.2) is 79.3 Å². The molecule has 0 aliphatic heterocycles. The molecule has 0 aliphatic rings. The van der Waals surface area contributed by atoms with Gasteiger partial charge in [0.15, 0.2) is 0 Å². The molecule has 4 heteroatoms. The van der Waals surface area contributed by atoms with E-state index in [9.17, 15) is 4.79 Å². The van der Waals surface area contributed by atoms with Crippen LogP contribution in [0.25, 0.3) is 10.9 Å². The summed E-state index contributed by atoms with van der Waals surface area (Å²) < 4.78 is 2.14. The van der Waals surface area contributed by atoms with Gasteiger partial charge in [0.05, 0.1) is 5.52 Å². The number of carbonyl (C=O) groups excluding carboxylic acids is 1. The highest BCUT2D eigenvalue weighted by molar-refractivity contribution is 6.05. The molecule has 4 rings (SSSR count). The first kappa shape index (κ1) is 16.1. The zero-order valence-corrected chi connectivity index (χ0v) is 14.5. The number of hydrogen-bond acceptors (Lipinski definition) is 2. The number of pyridine rings is 1. The molecule has 128 valence electrons. The molecule has 0 unspecified atom stereocenters. The number of aromatic nitrogens is 2. The van der Waals surface area contributed by atoms with Gasteiger partial charge in [-0.1, -0.05) is 36.4 Å². The second kappa shape index (κ2) is 6.84. The van der Waals surface area contributed by atoms with Crippen LogP contribution in [0.3, 0.4) is 0 Å². The molecule has 4 aromatic rings. The van der Waals surface area contributed by atoms with Crippen LogP contribution in [0.2, 0.25) is 0 Å². The first-order chi connectivity index (χ1) is 12.7. The van der Waals surface area contributed by atoms with Crippen molar-refractivity contribution >= 4 is 22.5 Å². The summed E-state index contributed by atoms with van der Waals surface area (Å²) in [6, 6.07) is 19.6. The number of fused-ring (bicyclic) bond motifs is 1. The molecule has 0 spiro atoms. The van der Waals surface area contributed by atoms with Crippen molar-refractivity contribution in [3.05, 3.63) is 95.9 Å². The van der Waals surface area contributed by atoms with Gasteiger partial charge < -0.3 is 9.88 Å². The van der Waals surface area contributed by atoms with Gasteiger partial charge in [-0.3, -0.25) is 9.78 Å². The van der Waals surface area contributed by atoms with Gasteiger partial charge in [-0.15, -0.1) is 0 Å². The lowest BCUT2D eigenvalue weighted by molar-refractivity contribution is 0.102. The number of anilines is 1. The molecule has 2 aromatic carbocycles. The third-order valence-corrected chi connectivity index (χ3v) is 4.57. The Bertz CT molecular complexity index is 1080. The van der Waals surface area contributed by atoms with E-state index in [1.807, 2.05) is 80.0 Å². The van der Waals surface area contributed by atoms with Gasteiger partial charge in [-0.05, 0) is 42.3 Å². The fourth-order valence-electron chi connectivity index (χ4n) is 3.14. The van der Waals surface area contributed by atoms with Crippen LogP contribution < -0.4 is 5.32 Å². The number of amides is 1. The first-order valence-corrected chi connectivity index (χ1v) is 8.56. The predicted octanol–water partition coefficient (Wildman–Crippen LogP) is 4.65. The van der Waals surface area contributed by atoms with Gasteiger partial charge in [0.25, 0.3) is 5.91 Å². The zero-order chi connectivity index (χ0) is 17.9. The monoisotopic (exact) mass is 341 g/mol. The molecule has 0 bridgehead atoms. The minimum atomic E-state index is -0.0898. The topological polar surface area (TPSA) is 46.9 Å². The van der Waals surface area contributed by atoms with Crippen LogP contribution in [0.4, 0.5) is 5.69 Å². The third-order valence-electron chi connectivity index (χ3n) is 4.57. The number of nitrogens with zero attached hydrogens (tertiary/aromatic N) is 2. The number of para-hydroxylation sites is 1. The minimum absolute atomic E-state index is 0.0898. The Morgan fingerprint density at radius 1 is 1.04 bits per heavy atom. The minimum Gasteiger partial charge on any atom is -0.343 e. The van der Waals surface area contributed by atoms with Crippen LogP contribution in [0.5, 0.6) is 0 Å². The molecule has 0 saturated heterocycles. The smallest absolute Gasteiger partial charge is 0.256 e. The Balaban J connectivity index is 1.64. The molecular formula is C22H19N3O. The number of rotatable bonds is 4. The van der Waals surface area contributed by atoms with Crippen molar-refractivity contribution in [3.63, 3.8) is 0 Å². The molecular weight excluding hydrogens is 322 g/mol.